The number of nitrogens with one attached hydrogen (secondary N) is 1. The summed E-state index contributed by atoms with van der Waals surface area (Å²) in [6.07, 6.45) is -0.478. The Labute approximate surface area is 105 Å². The molecule has 2 aromatic heterocycles. The zero-order valence-electron chi connectivity index (χ0n) is 9.77. The zero-order chi connectivity index (χ0) is 13.8. The fourth-order valence-corrected chi connectivity index (χ4v) is 2.04. The van der Waals surface area contributed by atoms with Gasteiger partial charge in [-0.05, 0) is 6.92 Å². The van der Waals surface area contributed by atoms with Crippen LogP contribution in [0.1, 0.15) is 13.2 Å². The zero-order valence-corrected chi connectivity index (χ0v) is 9.77. The average molecular weight is 266 g/mol. The molecule has 100 valence electrons. The van der Waals surface area contributed by atoms with Gasteiger partial charge < -0.3 is 19.9 Å². The van der Waals surface area contributed by atoms with Crippen LogP contribution in [0.3, 0.4) is 0 Å². The molecule has 0 radical (unpaired) electrons. The Morgan fingerprint density at radius 3 is 2.84 bits per heavy atom. The molecule has 19 heavy (non-hydrogen) atoms. The van der Waals surface area contributed by atoms with Crippen molar-refractivity contribution in [2.24, 2.45) is 0 Å². The van der Waals surface area contributed by atoms with Crippen LogP contribution < -0.4 is 5.56 Å². The highest BCUT2D eigenvalue weighted by molar-refractivity contribution is 5.79. The highest BCUT2D eigenvalue weighted by Gasteiger charge is 2.54. The summed E-state index contributed by atoms with van der Waals surface area (Å²) in [5.74, 6) is -0.943. The van der Waals surface area contributed by atoms with Crippen LogP contribution in [0.2, 0.25) is 0 Å². The molecule has 0 spiro atoms. The van der Waals surface area contributed by atoms with E-state index in [-0.39, 0.29) is 11.2 Å². The Kier molecular flexibility index (Phi) is 2.25. The largest absolute Gasteiger partial charge is 0.436 e. The molecule has 3 rings (SSSR count). The average Bonchev–Trinajstić information content (AvgIpc) is 2.86. The summed E-state index contributed by atoms with van der Waals surface area (Å²) in [5.41, 5.74) is -2.09. The molecule has 2 aromatic rings. The van der Waals surface area contributed by atoms with Gasteiger partial charge in [-0.25, -0.2) is 14.8 Å². The van der Waals surface area contributed by atoms with Crippen molar-refractivity contribution in [3.05, 3.63) is 23.0 Å². The number of rotatable bonds is 1. The third-order valence-electron chi connectivity index (χ3n) is 3.12. The summed E-state index contributed by atoms with van der Waals surface area (Å²) in [6.45, 7) is 1.26. The normalized spacial score (nSPS) is 30.8. The quantitative estimate of drug-likeness (QED) is 0.523. The van der Waals surface area contributed by atoms with Crippen LogP contribution in [0.4, 0.5) is 0 Å². The third kappa shape index (κ3) is 1.48. The van der Waals surface area contributed by atoms with E-state index in [1.807, 2.05) is 0 Å². The topological polar surface area (TPSA) is 130 Å². The molecular weight excluding hydrogens is 256 g/mol. The molecule has 1 fully saturated rings. The number of carbonyl (C=O) groups excluding carboxylic acids is 1. The van der Waals surface area contributed by atoms with Crippen molar-refractivity contribution in [3.63, 3.8) is 0 Å². The number of aliphatic hydroxyl groups excluding tert-OH is 1. The first kappa shape index (κ1) is 11.8. The van der Waals surface area contributed by atoms with Crippen molar-refractivity contribution in [2.75, 3.05) is 0 Å². The third-order valence-corrected chi connectivity index (χ3v) is 3.12. The van der Waals surface area contributed by atoms with Crippen LogP contribution >= 0.6 is 0 Å². The summed E-state index contributed by atoms with van der Waals surface area (Å²) in [6, 6.07) is 0. The number of esters is 1. The van der Waals surface area contributed by atoms with Crippen molar-refractivity contribution in [2.45, 2.75) is 24.9 Å². The number of fused-ring (bicyclic) bond motifs is 1. The monoisotopic (exact) mass is 266 g/mol. The van der Waals surface area contributed by atoms with Crippen molar-refractivity contribution in [1.82, 2.24) is 19.5 Å². The summed E-state index contributed by atoms with van der Waals surface area (Å²) >= 11 is 0. The number of aliphatic hydroxyl groups is 2. The number of aromatic amines is 1. The minimum atomic E-state index is -1.84. The van der Waals surface area contributed by atoms with Gasteiger partial charge in [0, 0.05) is 0 Å². The molecule has 1 aliphatic heterocycles. The van der Waals surface area contributed by atoms with E-state index < -0.39 is 29.5 Å². The Hall–Kier alpha value is -2.26. The fraction of sp³-hybridized carbons (Fsp3) is 0.400. The minimum absolute atomic E-state index is 0.0516. The molecular formula is C10H10N4O5. The number of hydrogen-bond acceptors (Lipinski definition) is 7. The van der Waals surface area contributed by atoms with E-state index in [1.165, 1.54) is 24.1 Å². The number of aromatic nitrogens is 4. The second-order valence-corrected chi connectivity index (χ2v) is 4.47. The standard InChI is InChI=1S/C10H10N4O5/c1-10(18)5(15)8(17)19-9(10)14-3-13-4-6(14)11-2-12-7(4)16/h2-3,5,9,15,18H,1H3,(H,11,12,16)/t5-,9-,10-/m1/s1. The summed E-state index contributed by atoms with van der Waals surface area (Å²) < 4.78 is 6.15. The van der Waals surface area contributed by atoms with E-state index in [2.05, 4.69) is 15.0 Å². The Morgan fingerprint density at radius 1 is 1.47 bits per heavy atom. The van der Waals surface area contributed by atoms with Crippen molar-refractivity contribution < 1.29 is 19.7 Å². The maximum atomic E-state index is 11.5. The van der Waals surface area contributed by atoms with Crippen molar-refractivity contribution >= 4 is 17.1 Å². The second-order valence-electron chi connectivity index (χ2n) is 4.47. The van der Waals surface area contributed by atoms with Gasteiger partial charge in [0.15, 0.2) is 22.9 Å². The number of imidazole rings is 1. The second kappa shape index (κ2) is 3.62. The van der Waals surface area contributed by atoms with E-state index in [9.17, 15) is 19.8 Å². The van der Waals surface area contributed by atoms with Crippen LogP contribution in [0.5, 0.6) is 0 Å². The lowest BCUT2D eigenvalue weighted by molar-refractivity contribution is -0.149. The van der Waals surface area contributed by atoms with Crippen LogP contribution in [0.15, 0.2) is 17.4 Å². The van der Waals surface area contributed by atoms with Crippen LogP contribution in [-0.4, -0.2) is 47.4 Å². The van der Waals surface area contributed by atoms with Gasteiger partial charge in [-0.2, -0.15) is 0 Å². The molecule has 0 aliphatic carbocycles. The molecule has 9 heteroatoms. The highest BCUT2D eigenvalue weighted by Crippen LogP contribution is 2.35. The first-order chi connectivity index (χ1) is 8.93. The maximum Gasteiger partial charge on any atom is 0.340 e. The maximum absolute atomic E-state index is 11.5. The summed E-state index contributed by atoms with van der Waals surface area (Å²) in [7, 11) is 0. The van der Waals surface area contributed by atoms with Crippen LogP contribution in [0.25, 0.3) is 11.2 Å². The van der Waals surface area contributed by atoms with Gasteiger partial charge in [-0.3, -0.25) is 9.36 Å². The van der Waals surface area contributed by atoms with Gasteiger partial charge in [0.25, 0.3) is 5.56 Å². The van der Waals surface area contributed by atoms with Gasteiger partial charge in [0.2, 0.25) is 6.23 Å². The van der Waals surface area contributed by atoms with Gasteiger partial charge >= 0.3 is 5.97 Å². The Morgan fingerprint density at radius 2 is 2.21 bits per heavy atom. The molecule has 0 bridgehead atoms. The molecule has 0 saturated carbocycles. The van der Waals surface area contributed by atoms with Gasteiger partial charge in [0.1, 0.15) is 6.33 Å². The molecule has 0 aromatic carbocycles. The molecule has 1 saturated heterocycles. The Bertz CT molecular complexity index is 718. The van der Waals surface area contributed by atoms with E-state index in [4.69, 9.17) is 4.74 Å². The lowest BCUT2D eigenvalue weighted by Crippen LogP contribution is -2.42. The number of cyclic esters (lactones) is 1. The van der Waals surface area contributed by atoms with Gasteiger partial charge in [0.05, 0.1) is 6.33 Å². The predicted molar refractivity (Wildman–Crippen MR) is 59.9 cm³/mol. The molecule has 3 heterocycles. The smallest absolute Gasteiger partial charge is 0.340 e. The molecule has 1 aliphatic rings. The number of H-pyrrole nitrogens is 1. The summed E-state index contributed by atoms with van der Waals surface area (Å²) in [4.78, 5) is 33.0. The predicted octanol–water partition coefficient (Wildman–Crippen LogP) is -1.71. The number of nitrogens with zero attached hydrogens (tertiary/aromatic N) is 3. The van der Waals surface area contributed by atoms with Crippen molar-refractivity contribution in [3.8, 4) is 0 Å². The highest BCUT2D eigenvalue weighted by atomic mass is 16.6. The Balaban J connectivity index is 2.19. The molecule has 3 N–H and O–H groups in total. The lowest BCUT2D eigenvalue weighted by Gasteiger charge is -2.25. The molecule has 0 unspecified atom stereocenters. The van der Waals surface area contributed by atoms with Crippen LogP contribution in [-0.2, 0) is 9.53 Å². The van der Waals surface area contributed by atoms with Crippen LogP contribution in [0, 0.1) is 0 Å². The minimum Gasteiger partial charge on any atom is -0.436 e. The first-order valence-corrected chi connectivity index (χ1v) is 5.44. The van der Waals surface area contributed by atoms with E-state index >= 15 is 0 Å². The molecule has 9 nitrogen and oxygen atoms in total. The van der Waals surface area contributed by atoms with E-state index in [0.717, 1.165) is 0 Å². The fourth-order valence-electron chi connectivity index (χ4n) is 2.04. The number of hydrogen-bond donors (Lipinski definition) is 3. The number of carbonyl (C=O) groups is 1. The van der Waals surface area contributed by atoms with Gasteiger partial charge in [-0.1, -0.05) is 0 Å². The van der Waals surface area contributed by atoms with E-state index in [1.54, 1.807) is 0 Å². The molecule has 3 atom stereocenters. The van der Waals surface area contributed by atoms with Crippen molar-refractivity contribution in [1.29, 1.82) is 0 Å². The molecule has 0 amide bonds. The lowest BCUT2D eigenvalue weighted by atomic mass is 10.00. The first-order valence-electron chi connectivity index (χ1n) is 5.44. The SMILES string of the molecule is C[C@@]1(O)[C@H](O)C(=O)O[C@H]1n1cnc2c(=O)[nH]cnc21. The van der Waals surface area contributed by atoms with Gasteiger partial charge in [-0.15, -0.1) is 0 Å². The summed E-state index contributed by atoms with van der Waals surface area (Å²) in [5, 5.41) is 19.7. The number of ether oxygens (including phenoxy) is 1. The van der Waals surface area contributed by atoms with E-state index in [0.29, 0.717) is 0 Å².